The van der Waals surface area contributed by atoms with Gasteiger partial charge >= 0.3 is 0 Å². The molecule has 1 aliphatic carbocycles. The Morgan fingerprint density at radius 2 is 2.25 bits per heavy atom. The zero-order valence-corrected chi connectivity index (χ0v) is 9.80. The summed E-state index contributed by atoms with van der Waals surface area (Å²) in [6.07, 6.45) is 1.30. The van der Waals surface area contributed by atoms with Gasteiger partial charge in [0, 0.05) is 6.42 Å². The summed E-state index contributed by atoms with van der Waals surface area (Å²) >= 11 is 1.35. The molecule has 1 aromatic heterocycles. The molecule has 1 unspecified atom stereocenters. The van der Waals surface area contributed by atoms with Crippen molar-refractivity contribution in [3.8, 4) is 0 Å². The highest BCUT2D eigenvalue weighted by atomic mass is 32.1. The van der Waals surface area contributed by atoms with E-state index in [9.17, 15) is 14.4 Å². The van der Waals surface area contributed by atoms with Crippen LogP contribution in [0.5, 0.6) is 0 Å². The lowest BCUT2D eigenvalue weighted by Crippen LogP contribution is -2.27. The summed E-state index contributed by atoms with van der Waals surface area (Å²) in [7, 11) is 0. The van der Waals surface area contributed by atoms with Gasteiger partial charge in [0.25, 0.3) is 0 Å². The molecular weight excluding hydrogens is 224 g/mol. The highest BCUT2D eigenvalue weighted by molar-refractivity contribution is 7.12. The summed E-state index contributed by atoms with van der Waals surface area (Å²) < 4.78 is 0. The van der Waals surface area contributed by atoms with Gasteiger partial charge in [-0.25, -0.2) is 0 Å². The third-order valence-corrected chi connectivity index (χ3v) is 3.75. The molecule has 84 valence electrons. The standard InChI is InChI=1S/C12H12O3S/c1-2-3-9(13)10(14)8-6-7-4-5-16-12(7)11(8)15/h4-5,8H,2-3,6H2,1H3. The predicted molar refractivity (Wildman–Crippen MR) is 60.8 cm³/mol. The minimum atomic E-state index is -0.735. The summed E-state index contributed by atoms with van der Waals surface area (Å²) in [5.74, 6) is -1.81. The summed E-state index contributed by atoms with van der Waals surface area (Å²) in [4.78, 5) is 35.7. The summed E-state index contributed by atoms with van der Waals surface area (Å²) in [6.45, 7) is 1.85. The van der Waals surface area contributed by atoms with Gasteiger partial charge < -0.3 is 0 Å². The highest BCUT2D eigenvalue weighted by Gasteiger charge is 2.38. The Kier molecular flexibility index (Phi) is 3.01. The molecule has 0 amide bonds. The van der Waals surface area contributed by atoms with Gasteiger partial charge in [0.1, 0.15) is 0 Å². The molecule has 0 aliphatic heterocycles. The molecule has 0 aromatic carbocycles. The molecule has 0 spiro atoms. The molecule has 1 heterocycles. The van der Waals surface area contributed by atoms with Gasteiger partial charge in [-0.1, -0.05) is 6.92 Å². The zero-order valence-electron chi connectivity index (χ0n) is 8.99. The Bertz CT molecular complexity index is 459. The van der Waals surface area contributed by atoms with Crippen LogP contribution in [0.1, 0.15) is 35.0 Å². The second kappa shape index (κ2) is 4.29. The van der Waals surface area contributed by atoms with Crippen LogP contribution in [-0.2, 0) is 16.0 Å². The van der Waals surface area contributed by atoms with Crippen LogP contribution in [0.4, 0.5) is 0 Å². The molecule has 0 N–H and O–H groups in total. The first-order chi connectivity index (χ1) is 7.65. The Balaban J connectivity index is 2.15. The molecule has 0 fully saturated rings. The van der Waals surface area contributed by atoms with Gasteiger partial charge in [-0.2, -0.15) is 0 Å². The fraction of sp³-hybridized carbons (Fsp3) is 0.417. The first-order valence-electron chi connectivity index (χ1n) is 5.32. The van der Waals surface area contributed by atoms with E-state index in [2.05, 4.69) is 0 Å². The van der Waals surface area contributed by atoms with Gasteiger partial charge in [0.15, 0.2) is 11.6 Å². The number of fused-ring (bicyclic) bond motifs is 1. The molecule has 0 saturated heterocycles. The molecule has 1 atom stereocenters. The summed E-state index contributed by atoms with van der Waals surface area (Å²) in [5, 5.41) is 1.84. The van der Waals surface area contributed by atoms with Gasteiger partial charge in [0.2, 0.25) is 5.78 Å². The average molecular weight is 236 g/mol. The van der Waals surface area contributed by atoms with E-state index < -0.39 is 17.5 Å². The topological polar surface area (TPSA) is 51.2 Å². The Morgan fingerprint density at radius 1 is 1.50 bits per heavy atom. The Labute approximate surface area is 97.5 Å². The van der Waals surface area contributed by atoms with Crippen molar-refractivity contribution in [3.63, 3.8) is 0 Å². The average Bonchev–Trinajstić information content (AvgIpc) is 2.81. The van der Waals surface area contributed by atoms with E-state index >= 15 is 0 Å². The first kappa shape index (κ1) is 11.2. The van der Waals surface area contributed by atoms with Gasteiger partial charge in [-0.15, -0.1) is 11.3 Å². The molecule has 0 saturated carbocycles. The lowest BCUT2D eigenvalue weighted by Gasteiger charge is -2.04. The van der Waals surface area contributed by atoms with Crippen LogP contribution in [0.15, 0.2) is 11.4 Å². The minimum absolute atomic E-state index is 0.167. The van der Waals surface area contributed by atoms with Gasteiger partial charge in [-0.3, -0.25) is 14.4 Å². The molecule has 1 aliphatic rings. The third-order valence-electron chi connectivity index (χ3n) is 2.78. The molecule has 4 heteroatoms. The number of carbonyl (C=O) groups is 3. The predicted octanol–water partition coefficient (Wildman–Crippen LogP) is 2.04. The van der Waals surface area contributed by atoms with Gasteiger partial charge in [0.05, 0.1) is 10.8 Å². The smallest absolute Gasteiger partial charge is 0.209 e. The van der Waals surface area contributed by atoms with Crippen molar-refractivity contribution in [1.29, 1.82) is 0 Å². The van der Waals surface area contributed by atoms with Crippen molar-refractivity contribution in [2.24, 2.45) is 5.92 Å². The Morgan fingerprint density at radius 3 is 2.88 bits per heavy atom. The van der Waals surface area contributed by atoms with E-state index in [1.807, 2.05) is 18.4 Å². The van der Waals surface area contributed by atoms with Crippen molar-refractivity contribution in [2.45, 2.75) is 26.2 Å². The van der Waals surface area contributed by atoms with E-state index in [4.69, 9.17) is 0 Å². The largest absolute Gasteiger partial charge is 0.292 e. The number of thiophene rings is 1. The van der Waals surface area contributed by atoms with Crippen LogP contribution in [0, 0.1) is 5.92 Å². The molecule has 2 rings (SSSR count). The maximum Gasteiger partial charge on any atom is 0.209 e. The van der Waals surface area contributed by atoms with Crippen molar-refractivity contribution in [1.82, 2.24) is 0 Å². The fourth-order valence-electron chi connectivity index (χ4n) is 1.94. The number of carbonyl (C=O) groups excluding carboxylic acids is 3. The lowest BCUT2D eigenvalue weighted by atomic mass is 9.95. The van der Waals surface area contributed by atoms with E-state index in [0.717, 1.165) is 5.56 Å². The van der Waals surface area contributed by atoms with Crippen LogP contribution in [0.25, 0.3) is 0 Å². The maximum atomic E-state index is 11.8. The summed E-state index contributed by atoms with van der Waals surface area (Å²) in [6, 6.07) is 1.86. The van der Waals surface area contributed by atoms with Gasteiger partial charge in [-0.05, 0) is 29.9 Å². The number of hydrogen-bond donors (Lipinski definition) is 0. The van der Waals surface area contributed by atoms with Crippen molar-refractivity contribution in [2.75, 3.05) is 0 Å². The van der Waals surface area contributed by atoms with E-state index in [1.165, 1.54) is 11.3 Å². The van der Waals surface area contributed by atoms with Crippen LogP contribution in [0.3, 0.4) is 0 Å². The molecule has 0 radical (unpaired) electrons. The van der Waals surface area contributed by atoms with Crippen LogP contribution in [-0.4, -0.2) is 17.3 Å². The first-order valence-corrected chi connectivity index (χ1v) is 6.20. The fourth-order valence-corrected chi connectivity index (χ4v) is 2.87. The molecule has 0 bridgehead atoms. The molecule has 1 aromatic rings. The van der Waals surface area contributed by atoms with E-state index in [1.54, 1.807) is 0 Å². The SMILES string of the molecule is CCCC(=O)C(=O)C1Cc2ccsc2C1=O. The molecule has 16 heavy (non-hydrogen) atoms. The Hall–Kier alpha value is -1.29. The zero-order chi connectivity index (χ0) is 11.7. The van der Waals surface area contributed by atoms with Crippen LogP contribution >= 0.6 is 11.3 Å². The quantitative estimate of drug-likeness (QED) is 0.593. The van der Waals surface area contributed by atoms with Crippen molar-refractivity contribution in [3.05, 3.63) is 21.9 Å². The van der Waals surface area contributed by atoms with Crippen molar-refractivity contribution < 1.29 is 14.4 Å². The van der Waals surface area contributed by atoms with E-state index in [-0.39, 0.29) is 12.2 Å². The number of Topliss-reactive ketones (excluding diaryl/α,β-unsaturated/α-hetero) is 3. The second-order valence-electron chi connectivity index (χ2n) is 3.93. The third kappa shape index (κ3) is 1.73. The number of rotatable bonds is 4. The minimum Gasteiger partial charge on any atom is -0.292 e. The van der Waals surface area contributed by atoms with Crippen LogP contribution in [0.2, 0.25) is 0 Å². The number of hydrogen-bond acceptors (Lipinski definition) is 4. The molecule has 3 nitrogen and oxygen atoms in total. The monoisotopic (exact) mass is 236 g/mol. The molecular formula is C12H12O3S. The summed E-state index contributed by atoms with van der Waals surface area (Å²) in [5.41, 5.74) is 0.914. The van der Waals surface area contributed by atoms with E-state index in [0.29, 0.717) is 17.7 Å². The normalized spacial score (nSPS) is 18.6. The highest BCUT2D eigenvalue weighted by Crippen LogP contribution is 2.31. The number of ketones is 3. The second-order valence-corrected chi connectivity index (χ2v) is 4.85. The maximum absolute atomic E-state index is 11.8. The van der Waals surface area contributed by atoms with Crippen molar-refractivity contribution >= 4 is 28.7 Å². The van der Waals surface area contributed by atoms with Crippen LogP contribution < -0.4 is 0 Å². The lowest BCUT2D eigenvalue weighted by molar-refractivity contribution is -0.138.